The second-order valence-electron chi connectivity index (χ2n) is 6.11. The van der Waals surface area contributed by atoms with Gasteiger partial charge in [0.25, 0.3) is 5.91 Å². The molecule has 0 heterocycles. The molecule has 0 radical (unpaired) electrons. The van der Waals surface area contributed by atoms with Crippen LogP contribution in [-0.4, -0.2) is 24.7 Å². The third kappa shape index (κ3) is 5.87. The van der Waals surface area contributed by atoms with Gasteiger partial charge in [0.2, 0.25) is 0 Å². The Morgan fingerprint density at radius 2 is 1.83 bits per heavy atom. The van der Waals surface area contributed by atoms with Crippen LogP contribution in [0.1, 0.15) is 58.9 Å². The summed E-state index contributed by atoms with van der Waals surface area (Å²) in [6.07, 6.45) is 3.48. The molecule has 0 aliphatic heterocycles. The van der Waals surface area contributed by atoms with Gasteiger partial charge in [0, 0.05) is 12.3 Å². The second-order valence-corrected chi connectivity index (χ2v) is 6.11. The Kier molecular flexibility index (Phi) is 8.10. The first-order valence-electron chi connectivity index (χ1n) is 8.65. The fraction of sp³-hybridized carbons (Fsp3) is 0.632. The van der Waals surface area contributed by atoms with Gasteiger partial charge in [-0.25, -0.2) is 0 Å². The van der Waals surface area contributed by atoms with Crippen LogP contribution in [0, 0.1) is 6.92 Å². The summed E-state index contributed by atoms with van der Waals surface area (Å²) in [6.45, 7) is 11.3. The topological polar surface area (TPSA) is 47.6 Å². The molecule has 0 bridgehead atoms. The number of carbonyl (C=O) groups excluding carboxylic acids is 1. The standard InChI is InChI=1S/C19H31NO3/c1-6-11-19(5,23-13-8-3)18(21)20-16-9-10-17(15(4)14-16)22-12-7-2/h9-10,14H,6-8,11-13H2,1-5H3,(H,20,21)/t19-/m1/s1. The number of ether oxygens (including phenoxy) is 2. The monoisotopic (exact) mass is 321 g/mol. The number of amides is 1. The van der Waals surface area contributed by atoms with E-state index < -0.39 is 5.60 Å². The van der Waals surface area contributed by atoms with E-state index in [0.717, 1.165) is 36.3 Å². The molecular formula is C19H31NO3. The van der Waals surface area contributed by atoms with Crippen molar-refractivity contribution >= 4 is 11.6 Å². The van der Waals surface area contributed by atoms with E-state index in [2.05, 4.69) is 19.2 Å². The van der Waals surface area contributed by atoms with Gasteiger partial charge >= 0.3 is 0 Å². The van der Waals surface area contributed by atoms with E-state index in [-0.39, 0.29) is 5.91 Å². The summed E-state index contributed by atoms with van der Waals surface area (Å²) in [5, 5.41) is 2.98. The molecule has 4 nitrogen and oxygen atoms in total. The third-order valence-corrected chi connectivity index (χ3v) is 3.73. The zero-order valence-electron chi connectivity index (χ0n) is 15.2. The fourth-order valence-corrected chi connectivity index (χ4v) is 2.42. The molecule has 0 aliphatic carbocycles. The maximum atomic E-state index is 12.6. The van der Waals surface area contributed by atoms with Crippen LogP contribution in [0.25, 0.3) is 0 Å². The number of rotatable bonds is 10. The van der Waals surface area contributed by atoms with Crippen LogP contribution >= 0.6 is 0 Å². The SMILES string of the molecule is CCCOc1ccc(NC(=O)[C@@](C)(CCC)OCCC)cc1C. The van der Waals surface area contributed by atoms with Crippen molar-refractivity contribution in [1.29, 1.82) is 0 Å². The van der Waals surface area contributed by atoms with E-state index >= 15 is 0 Å². The molecule has 1 N–H and O–H groups in total. The van der Waals surface area contributed by atoms with E-state index in [1.165, 1.54) is 0 Å². The summed E-state index contributed by atoms with van der Waals surface area (Å²) in [4.78, 5) is 12.6. The summed E-state index contributed by atoms with van der Waals surface area (Å²) in [5.74, 6) is 0.776. The zero-order chi connectivity index (χ0) is 17.3. The van der Waals surface area contributed by atoms with Gasteiger partial charge in [-0.1, -0.05) is 27.2 Å². The Bertz CT molecular complexity index is 501. The van der Waals surface area contributed by atoms with Crippen LogP contribution in [0.2, 0.25) is 0 Å². The fourth-order valence-electron chi connectivity index (χ4n) is 2.42. The largest absolute Gasteiger partial charge is 0.493 e. The number of hydrogen-bond donors (Lipinski definition) is 1. The predicted octanol–water partition coefficient (Wildman–Crippen LogP) is 4.71. The van der Waals surface area contributed by atoms with Crippen molar-refractivity contribution in [3.05, 3.63) is 23.8 Å². The normalized spacial score (nSPS) is 13.4. The molecule has 1 rings (SSSR count). The Labute approximate surface area is 140 Å². The molecule has 23 heavy (non-hydrogen) atoms. The second kappa shape index (κ2) is 9.56. The molecule has 1 amide bonds. The number of aryl methyl sites for hydroxylation is 1. The number of anilines is 1. The molecule has 0 aliphatic rings. The predicted molar refractivity (Wildman–Crippen MR) is 95.2 cm³/mol. The van der Waals surface area contributed by atoms with Gasteiger partial charge < -0.3 is 14.8 Å². The number of carbonyl (C=O) groups is 1. The maximum Gasteiger partial charge on any atom is 0.256 e. The van der Waals surface area contributed by atoms with Crippen LogP contribution in [0.4, 0.5) is 5.69 Å². The van der Waals surface area contributed by atoms with E-state index in [1.54, 1.807) is 0 Å². The van der Waals surface area contributed by atoms with Crippen LogP contribution in [0.5, 0.6) is 5.75 Å². The third-order valence-electron chi connectivity index (χ3n) is 3.73. The molecule has 1 atom stereocenters. The van der Waals surface area contributed by atoms with Gasteiger partial charge in [-0.2, -0.15) is 0 Å². The number of hydrogen-bond acceptors (Lipinski definition) is 3. The highest BCUT2D eigenvalue weighted by atomic mass is 16.5. The van der Waals surface area contributed by atoms with Crippen LogP contribution < -0.4 is 10.1 Å². The molecule has 0 unspecified atom stereocenters. The minimum atomic E-state index is -0.782. The molecule has 0 fully saturated rings. The highest BCUT2D eigenvalue weighted by molar-refractivity contribution is 5.97. The summed E-state index contributed by atoms with van der Waals surface area (Å²) >= 11 is 0. The van der Waals surface area contributed by atoms with Crippen molar-refractivity contribution in [2.45, 2.75) is 65.9 Å². The lowest BCUT2D eigenvalue weighted by Crippen LogP contribution is -2.43. The van der Waals surface area contributed by atoms with E-state index in [9.17, 15) is 4.79 Å². The van der Waals surface area contributed by atoms with Gasteiger partial charge in [0.15, 0.2) is 0 Å². The average Bonchev–Trinajstić information content (AvgIpc) is 2.52. The van der Waals surface area contributed by atoms with Crippen molar-refractivity contribution in [3.8, 4) is 5.75 Å². The van der Waals surface area contributed by atoms with E-state index in [4.69, 9.17) is 9.47 Å². The molecule has 0 aromatic heterocycles. The molecular weight excluding hydrogens is 290 g/mol. The quantitative estimate of drug-likeness (QED) is 0.679. The molecule has 130 valence electrons. The molecule has 1 aromatic carbocycles. The lowest BCUT2D eigenvalue weighted by Gasteiger charge is -2.28. The minimum absolute atomic E-state index is 0.0885. The first-order valence-corrected chi connectivity index (χ1v) is 8.65. The van der Waals surface area contributed by atoms with Crippen molar-refractivity contribution in [1.82, 2.24) is 0 Å². The zero-order valence-corrected chi connectivity index (χ0v) is 15.2. The van der Waals surface area contributed by atoms with E-state index in [1.807, 2.05) is 39.0 Å². The van der Waals surface area contributed by atoms with Crippen molar-refractivity contribution in [2.24, 2.45) is 0 Å². The first kappa shape index (κ1) is 19.5. The van der Waals surface area contributed by atoms with Gasteiger partial charge in [-0.05, 0) is 56.9 Å². The summed E-state index contributed by atoms with van der Waals surface area (Å²) in [7, 11) is 0. The van der Waals surface area contributed by atoms with Gasteiger partial charge in [0.05, 0.1) is 6.61 Å². The molecule has 0 saturated heterocycles. The highest BCUT2D eigenvalue weighted by Gasteiger charge is 2.33. The smallest absolute Gasteiger partial charge is 0.256 e. The Morgan fingerprint density at radius 1 is 1.13 bits per heavy atom. The Hall–Kier alpha value is -1.55. The molecule has 1 aromatic rings. The Balaban J connectivity index is 2.79. The highest BCUT2D eigenvalue weighted by Crippen LogP contribution is 2.25. The maximum absolute atomic E-state index is 12.6. The minimum Gasteiger partial charge on any atom is -0.493 e. The van der Waals surface area contributed by atoms with Crippen LogP contribution in [0.15, 0.2) is 18.2 Å². The van der Waals surface area contributed by atoms with E-state index in [0.29, 0.717) is 19.6 Å². The van der Waals surface area contributed by atoms with Gasteiger partial charge in [-0.15, -0.1) is 0 Å². The molecule has 0 saturated carbocycles. The first-order chi connectivity index (χ1) is 11.0. The van der Waals surface area contributed by atoms with Crippen LogP contribution in [-0.2, 0) is 9.53 Å². The number of nitrogens with one attached hydrogen (secondary N) is 1. The lowest BCUT2D eigenvalue weighted by atomic mass is 9.98. The van der Waals surface area contributed by atoms with Crippen molar-refractivity contribution in [3.63, 3.8) is 0 Å². The van der Waals surface area contributed by atoms with Crippen molar-refractivity contribution < 1.29 is 14.3 Å². The number of benzene rings is 1. The molecule has 0 spiro atoms. The summed E-state index contributed by atoms with van der Waals surface area (Å²) in [5.41, 5.74) is 1.01. The molecule has 4 heteroatoms. The Morgan fingerprint density at radius 3 is 2.39 bits per heavy atom. The lowest BCUT2D eigenvalue weighted by molar-refractivity contribution is -0.140. The van der Waals surface area contributed by atoms with Crippen molar-refractivity contribution in [2.75, 3.05) is 18.5 Å². The van der Waals surface area contributed by atoms with Gasteiger partial charge in [-0.3, -0.25) is 4.79 Å². The average molecular weight is 321 g/mol. The van der Waals surface area contributed by atoms with Gasteiger partial charge in [0.1, 0.15) is 11.4 Å². The summed E-state index contributed by atoms with van der Waals surface area (Å²) in [6, 6.07) is 5.72. The van der Waals surface area contributed by atoms with Crippen LogP contribution in [0.3, 0.4) is 0 Å². The summed E-state index contributed by atoms with van der Waals surface area (Å²) < 4.78 is 11.5.